The smallest absolute Gasteiger partial charge is 0.161 e. The van der Waals surface area contributed by atoms with Crippen molar-refractivity contribution in [1.82, 2.24) is 4.98 Å². The third-order valence-corrected chi connectivity index (χ3v) is 3.29. The van der Waals surface area contributed by atoms with Crippen molar-refractivity contribution < 1.29 is 4.74 Å². The topological polar surface area (TPSA) is 49.1 Å². The third-order valence-electron chi connectivity index (χ3n) is 2.98. The molecule has 1 aromatic carbocycles. The van der Waals surface area contributed by atoms with Crippen LogP contribution in [0.3, 0.4) is 0 Å². The molecule has 2 aromatic rings. The van der Waals surface area contributed by atoms with E-state index in [0.29, 0.717) is 24.0 Å². The Balaban J connectivity index is 2.10. The molecular weight excluding hydrogens is 286 g/mol. The molecular formula is C16H16ClN3O. The molecule has 1 aromatic heterocycles. The highest BCUT2D eigenvalue weighted by Gasteiger charge is 2.08. The number of halogens is 1. The Kier molecular flexibility index (Phi) is 5.02. The number of hydrogen-bond donors (Lipinski definition) is 0. The van der Waals surface area contributed by atoms with Gasteiger partial charge in [0.15, 0.2) is 5.69 Å². The summed E-state index contributed by atoms with van der Waals surface area (Å²) in [5.74, 6) is 1.57. The lowest BCUT2D eigenvalue weighted by molar-refractivity contribution is 0.340. The van der Waals surface area contributed by atoms with Crippen LogP contribution in [0.5, 0.6) is 5.75 Å². The van der Waals surface area contributed by atoms with Crippen LogP contribution in [0, 0.1) is 11.3 Å². The fourth-order valence-electron chi connectivity index (χ4n) is 1.94. The van der Waals surface area contributed by atoms with Crippen LogP contribution in [0.25, 0.3) is 0 Å². The maximum Gasteiger partial charge on any atom is 0.161 e. The van der Waals surface area contributed by atoms with Gasteiger partial charge in [-0.25, -0.2) is 4.98 Å². The van der Waals surface area contributed by atoms with Gasteiger partial charge in [0.1, 0.15) is 17.6 Å². The number of rotatable bonds is 5. The molecule has 108 valence electrons. The van der Waals surface area contributed by atoms with Crippen LogP contribution in [-0.4, -0.2) is 18.6 Å². The van der Waals surface area contributed by atoms with Gasteiger partial charge in [-0.15, -0.1) is 0 Å². The monoisotopic (exact) mass is 301 g/mol. The SMILES string of the molecule is CCOc1ccc(CN(C)c2ccc(Cl)c(C#N)n2)cc1. The summed E-state index contributed by atoms with van der Waals surface area (Å²) in [4.78, 5) is 6.21. The van der Waals surface area contributed by atoms with Gasteiger partial charge < -0.3 is 9.64 Å². The van der Waals surface area contributed by atoms with Gasteiger partial charge in [-0.05, 0) is 36.8 Å². The van der Waals surface area contributed by atoms with Crippen molar-refractivity contribution in [2.75, 3.05) is 18.6 Å². The minimum atomic E-state index is 0.243. The molecule has 2 rings (SSSR count). The summed E-state index contributed by atoms with van der Waals surface area (Å²) < 4.78 is 5.42. The largest absolute Gasteiger partial charge is 0.494 e. The van der Waals surface area contributed by atoms with E-state index in [-0.39, 0.29) is 5.69 Å². The predicted octanol–water partition coefficient (Wildman–Crippen LogP) is 3.64. The van der Waals surface area contributed by atoms with Gasteiger partial charge in [-0.2, -0.15) is 5.26 Å². The van der Waals surface area contributed by atoms with Crippen molar-refractivity contribution in [3.63, 3.8) is 0 Å². The molecule has 0 fully saturated rings. The first-order chi connectivity index (χ1) is 10.1. The summed E-state index contributed by atoms with van der Waals surface area (Å²) in [6, 6.07) is 13.4. The molecule has 5 heteroatoms. The third kappa shape index (κ3) is 3.87. The van der Waals surface area contributed by atoms with Crippen molar-refractivity contribution in [1.29, 1.82) is 5.26 Å². The first-order valence-electron chi connectivity index (χ1n) is 6.63. The van der Waals surface area contributed by atoms with Gasteiger partial charge in [-0.1, -0.05) is 23.7 Å². The lowest BCUT2D eigenvalue weighted by atomic mass is 10.2. The van der Waals surface area contributed by atoms with Crippen LogP contribution in [-0.2, 0) is 6.54 Å². The Labute approximate surface area is 129 Å². The van der Waals surface area contributed by atoms with Crippen LogP contribution in [0.15, 0.2) is 36.4 Å². The number of pyridine rings is 1. The average molecular weight is 302 g/mol. The molecule has 0 aliphatic rings. The fraction of sp³-hybridized carbons (Fsp3) is 0.250. The van der Waals surface area contributed by atoms with Gasteiger partial charge in [0, 0.05) is 13.6 Å². The Hall–Kier alpha value is -2.25. The van der Waals surface area contributed by atoms with E-state index < -0.39 is 0 Å². The van der Waals surface area contributed by atoms with Crippen LogP contribution in [0.2, 0.25) is 5.02 Å². The number of nitrogens with zero attached hydrogens (tertiary/aromatic N) is 3. The summed E-state index contributed by atoms with van der Waals surface area (Å²) in [5.41, 5.74) is 1.38. The predicted molar refractivity (Wildman–Crippen MR) is 83.7 cm³/mol. The molecule has 0 saturated carbocycles. The lowest BCUT2D eigenvalue weighted by Gasteiger charge is -2.18. The number of ether oxygens (including phenoxy) is 1. The molecule has 0 radical (unpaired) electrons. The number of aromatic nitrogens is 1. The van der Waals surface area contributed by atoms with Crippen molar-refractivity contribution in [3.8, 4) is 11.8 Å². The molecule has 0 saturated heterocycles. The summed E-state index contributed by atoms with van der Waals surface area (Å²) in [6.45, 7) is 3.30. The molecule has 0 unspecified atom stereocenters. The quantitative estimate of drug-likeness (QED) is 0.846. The van der Waals surface area contributed by atoms with E-state index in [0.717, 1.165) is 11.3 Å². The minimum Gasteiger partial charge on any atom is -0.494 e. The molecule has 0 amide bonds. The normalized spacial score (nSPS) is 10.0. The molecule has 0 aliphatic carbocycles. The fourth-order valence-corrected chi connectivity index (χ4v) is 2.08. The minimum absolute atomic E-state index is 0.243. The van der Waals surface area contributed by atoms with Gasteiger partial charge in [0.05, 0.1) is 11.6 Å². The zero-order valence-electron chi connectivity index (χ0n) is 12.0. The highest BCUT2D eigenvalue weighted by atomic mass is 35.5. The summed E-state index contributed by atoms with van der Waals surface area (Å²) in [6.07, 6.45) is 0. The van der Waals surface area contributed by atoms with Gasteiger partial charge in [0.25, 0.3) is 0 Å². The molecule has 21 heavy (non-hydrogen) atoms. The summed E-state index contributed by atoms with van der Waals surface area (Å²) in [5, 5.41) is 9.34. The second-order valence-electron chi connectivity index (χ2n) is 4.54. The molecule has 1 heterocycles. The van der Waals surface area contributed by atoms with E-state index in [4.69, 9.17) is 21.6 Å². The molecule has 0 spiro atoms. The van der Waals surface area contributed by atoms with E-state index >= 15 is 0 Å². The standard InChI is InChI=1S/C16H16ClN3O/c1-3-21-13-6-4-12(5-7-13)11-20(2)16-9-8-14(17)15(10-18)19-16/h4-9H,3,11H2,1-2H3. The highest BCUT2D eigenvalue weighted by molar-refractivity contribution is 6.31. The number of benzene rings is 1. The lowest BCUT2D eigenvalue weighted by Crippen LogP contribution is -2.18. The van der Waals surface area contributed by atoms with Gasteiger partial charge in [0.2, 0.25) is 0 Å². The number of hydrogen-bond acceptors (Lipinski definition) is 4. The van der Waals surface area contributed by atoms with Crippen molar-refractivity contribution in [2.45, 2.75) is 13.5 Å². The second kappa shape index (κ2) is 6.96. The Morgan fingerprint density at radius 3 is 2.57 bits per heavy atom. The first kappa shape index (κ1) is 15.1. The van der Waals surface area contributed by atoms with E-state index in [1.54, 1.807) is 12.1 Å². The average Bonchev–Trinajstić information content (AvgIpc) is 2.50. The highest BCUT2D eigenvalue weighted by Crippen LogP contribution is 2.20. The Morgan fingerprint density at radius 1 is 1.24 bits per heavy atom. The first-order valence-corrected chi connectivity index (χ1v) is 7.01. The van der Waals surface area contributed by atoms with Gasteiger partial charge in [-0.3, -0.25) is 0 Å². The maximum absolute atomic E-state index is 8.97. The molecule has 0 aliphatic heterocycles. The molecule has 4 nitrogen and oxygen atoms in total. The van der Waals surface area contributed by atoms with E-state index in [1.807, 2.05) is 49.2 Å². The Bertz CT molecular complexity index is 650. The zero-order chi connectivity index (χ0) is 15.2. The molecule has 0 bridgehead atoms. The number of nitriles is 1. The van der Waals surface area contributed by atoms with Crippen molar-refractivity contribution >= 4 is 17.4 Å². The zero-order valence-corrected chi connectivity index (χ0v) is 12.8. The molecule has 0 atom stereocenters. The second-order valence-corrected chi connectivity index (χ2v) is 4.95. The van der Waals surface area contributed by atoms with E-state index in [9.17, 15) is 0 Å². The van der Waals surface area contributed by atoms with Crippen LogP contribution >= 0.6 is 11.6 Å². The summed E-state index contributed by atoms with van der Waals surface area (Å²) >= 11 is 5.89. The van der Waals surface area contributed by atoms with Gasteiger partial charge >= 0.3 is 0 Å². The van der Waals surface area contributed by atoms with Crippen LogP contribution in [0.4, 0.5) is 5.82 Å². The van der Waals surface area contributed by atoms with Crippen molar-refractivity contribution in [2.24, 2.45) is 0 Å². The van der Waals surface area contributed by atoms with E-state index in [1.165, 1.54) is 0 Å². The maximum atomic E-state index is 8.97. The number of anilines is 1. The van der Waals surface area contributed by atoms with Crippen molar-refractivity contribution in [3.05, 3.63) is 52.7 Å². The Morgan fingerprint density at radius 2 is 1.95 bits per heavy atom. The van der Waals surface area contributed by atoms with E-state index in [2.05, 4.69) is 4.98 Å². The summed E-state index contributed by atoms with van der Waals surface area (Å²) in [7, 11) is 1.92. The van der Waals surface area contributed by atoms with Crippen LogP contribution < -0.4 is 9.64 Å². The van der Waals surface area contributed by atoms with Crippen LogP contribution in [0.1, 0.15) is 18.2 Å². The molecule has 0 N–H and O–H groups in total.